The number of nitrogens with one attached hydrogen (secondary N) is 2. The molecule has 11 heteroatoms. The van der Waals surface area contributed by atoms with Crippen LogP contribution in [0.5, 0.6) is 5.75 Å². The van der Waals surface area contributed by atoms with E-state index in [0.717, 1.165) is 46.5 Å². The van der Waals surface area contributed by atoms with Crippen molar-refractivity contribution in [3.05, 3.63) is 52.1 Å². The molecule has 2 aromatic rings. The lowest BCUT2D eigenvalue weighted by Crippen LogP contribution is -2.40. The van der Waals surface area contributed by atoms with Gasteiger partial charge in [0.05, 0.1) is 17.5 Å². The highest BCUT2D eigenvalue weighted by molar-refractivity contribution is 7.97. The third-order valence-electron chi connectivity index (χ3n) is 7.16. The molecule has 0 unspecified atom stereocenters. The number of carbonyl (C=O) groups excluding carboxylic acids is 1. The van der Waals surface area contributed by atoms with Crippen molar-refractivity contribution in [2.45, 2.75) is 88.3 Å². The average Bonchev–Trinajstić information content (AvgIpc) is 3.30. The van der Waals surface area contributed by atoms with E-state index in [1.807, 2.05) is 52.0 Å². The molecule has 0 fully saturated rings. The Balaban J connectivity index is 1.27. The molecule has 0 spiro atoms. The summed E-state index contributed by atoms with van der Waals surface area (Å²) in [5, 5.41) is 0. The van der Waals surface area contributed by atoms with Gasteiger partial charge in [-0.25, -0.2) is 5.43 Å². The number of hydrazine groups is 1. The molecule has 4 rings (SSSR count). The van der Waals surface area contributed by atoms with Crippen LogP contribution in [-0.2, 0) is 27.8 Å². The first-order valence-electron chi connectivity index (χ1n) is 12.8. The number of sulfonamides is 1. The maximum Gasteiger partial charge on any atom is 0.284 e. The van der Waals surface area contributed by atoms with E-state index in [4.69, 9.17) is 10.5 Å². The smallest absolute Gasteiger partial charge is 0.284 e. The summed E-state index contributed by atoms with van der Waals surface area (Å²) in [6.07, 6.45) is 3.85. The summed E-state index contributed by atoms with van der Waals surface area (Å²) < 4.78 is 38.0. The van der Waals surface area contributed by atoms with Gasteiger partial charge in [-0.3, -0.25) is 9.10 Å². The van der Waals surface area contributed by atoms with Crippen LogP contribution in [0.3, 0.4) is 0 Å². The average molecular weight is 560 g/mol. The van der Waals surface area contributed by atoms with Crippen molar-refractivity contribution in [2.24, 2.45) is 10.1 Å². The number of carbonyl (C=O) groups is 1. The van der Waals surface area contributed by atoms with Crippen molar-refractivity contribution < 1.29 is 17.9 Å². The van der Waals surface area contributed by atoms with E-state index in [1.54, 1.807) is 11.2 Å². The lowest BCUT2D eigenvalue weighted by molar-refractivity contribution is -0.127. The van der Waals surface area contributed by atoms with Crippen molar-refractivity contribution >= 4 is 34.2 Å². The molecular formula is C27H37N5O4S2. The Hall–Kier alpha value is -2.60. The summed E-state index contributed by atoms with van der Waals surface area (Å²) in [6.45, 7) is 10.7. The molecular weight excluding hydrogens is 522 g/mol. The molecule has 1 atom stereocenters. The van der Waals surface area contributed by atoms with Gasteiger partial charge in [0.2, 0.25) is 5.91 Å². The molecule has 2 aliphatic heterocycles. The predicted molar refractivity (Wildman–Crippen MR) is 151 cm³/mol. The number of hydrogen-bond donors (Lipinski definition) is 3. The van der Waals surface area contributed by atoms with Crippen LogP contribution in [0.4, 0.5) is 0 Å². The zero-order chi connectivity index (χ0) is 27.7. The summed E-state index contributed by atoms with van der Waals surface area (Å²) >= 11 is 1.43. The number of fused-ring (bicyclic) bond motifs is 2. The first-order valence-corrected chi connectivity index (χ1v) is 15.0. The fourth-order valence-electron chi connectivity index (χ4n) is 4.87. The molecule has 0 radical (unpaired) electrons. The van der Waals surface area contributed by atoms with Crippen LogP contribution in [-0.4, -0.2) is 43.2 Å². The molecule has 38 heavy (non-hydrogen) atoms. The maximum absolute atomic E-state index is 13.1. The molecule has 0 bridgehead atoms. The van der Waals surface area contributed by atoms with E-state index in [2.05, 4.69) is 15.2 Å². The van der Waals surface area contributed by atoms with Gasteiger partial charge in [-0.15, -0.1) is 4.40 Å². The second-order valence-electron chi connectivity index (χ2n) is 10.5. The molecule has 2 heterocycles. The minimum absolute atomic E-state index is 0.0909. The van der Waals surface area contributed by atoms with Crippen molar-refractivity contribution in [1.29, 1.82) is 0 Å². The Morgan fingerprint density at radius 1 is 1.24 bits per heavy atom. The molecule has 2 aromatic carbocycles. The maximum atomic E-state index is 13.1. The highest BCUT2D eigenvalue weighted by atomic mass is 32.2. The summed E-state index contributed by atoms with van der Waals surface area (Å²) in [7, 11) is -3.92. The van der Waals surface area contributed by atoms with Crippen molar-refractivity contribution in [2.75, 3.05) is 6.54 Å². The quantitative estimate of drug-likeness (QED) is 0.140. The van der Waals surface area contributed by atoms with E-state index in [9.17, 15) is 13.2 Å². The highest BCUT2D eigenvalue weighted by Gasteiger charge is 2.33. The van der Waals surface area contributed by atoms with Gasteiger partial charge >= 0.3 is 0 Å². The van der Waals surface area contributed by atoms with Crippen LogP contribution < -0.4 is 21.3 Å². The molecule has 206 valence electrons. The van der Waals surface area contributed by atoms with Gasteiger partial charge in [0.25, 0.3) is 10.0 Å². The number of amides is 1. The lowest BCUT2D eigenvalue weighted by atomic mass is 9.88. The molecule has 0 aliphatic carbocycles. The summed E-state index contributed by atoms with van der Waals surface area (Å²) in [6, 6.07) is 7.34. The number of ether oxygens (including phenoxy) is 1. The first kappa shape index (κ1) is 28.4. The molecule has 1 amide bonds. The predicted octanol–water partition coefficient (Wildman–Crippen LogP) is 3.68. The molecule has 0 aromatic heterocycles. The number of nitrogens with zero attached hydrogens (tertiary/aromatic N) is 2. The van der Waals surface area contributed by atoms with E-state index in [1.165, 1.54) is 11.9 Å². The van der Waals surface area contributed by atoms with Gasteiger partial charge in [-0.05, 0) is 106 Å². The molecule has 0 saturated heterocycles. The molecule has 2 aliphatic rings. The highest BCUT2D eigenvalue weighted by Crippen LogP contribution is 2.42. The number of rotatable bonds is 9. The monoisotopic (exact) mass is 559 g/mol. The molecule has 4 N–H and O–H groups in total. The summed E-state index contributed by atoms with van der Waals surface area (Å²) in [4.78, 5) is 14.0. The van der Waals surface area contributed by atoms with Crippen molar-refractivity contribution in [3.8, 4) is 5.75 Å². The zero-order valence-corrected chi connectivity index (χ0v) is 24.3. The van der Waals surface area contributed by atoms with E-state index in [0.29, 0.717) is 37.1 Å². The molecule has 9 nitrogen and oxygen atoms in total. The van der Waals surface area contributed by atoms with Gasteiger partial charge in [0.15, 0.2) is 0 Å². The van der Waals surface area contributed by atoms with Crippen LogP contribution in [0.1, 0.15) is 60.9 Å². The Kier molecular flexibility index (Phi) is 8.41. The van der Waals surface area contributed by atoms with Gasteiger partial charge < -0.3 is 15.9 Å². The topological polar surface area (TPSA) is 126 Å². The van der Waals surface area contributed by atoms with Crippen LogP contribution >= 0.6 is 11.9 Å². The fourth-order valence-corrected chi connectivity index (χ4v) is 7.27. The normalized spacial score (nSPS) is 17.2. The van der Waals surface area contributed by atoms with Gasteiger partial charge in [-0.2, -0.15) is 8.42 Å². The second-order valence-corrected chi connectivity index (χ2v) is 13.1. The van der Waals surface area contributed by atoms with E-state index >= 15 is 0 Å². The SMILES string of the molecule is Cc1c(C)c(S(=O)(=O)/N=C/NNCCC[C@@H](N)C(=O)N2Cc3ccccc3S2)c(C)c2c1OC(C)(C)CC2. The van der Waals surface area contributed by atoms with Gasteiger partial charge in [0.1, 0.15) is 17.7 Å². The number of hydrogen-bond acceptors (Lipinski definition) is 7. The molecule has 0 saturated carbocycles. The minimum Gasteiger partial charge on any atom is -0.487 e. The fraction of sp³-hybridized carbons (Fsp3) is 0.481. The minimum atomic E-state index is -3.92. The van der Waals surface area contributed by atoms with Crippen LogP contribution in [0.25, 0.3) is 0 Å². The van der Waals surface area contributed by atoms with Gasteiger partial charge in [0, 0.05) is 11.4 Å². The van der Waals surface area contributed by atoms with Crippen molar-refractivity contribution in [3.63, 3.8) is 0 Å². The number of nitrogens with two attached hydrogens (primary N) is 1. The third kappa shape index (κ3) is 6.01. The second kappa shape index (κ2) is 11.3. The third-order valence-corrected chi connectivity index (χ3v) is 9.79. The Morgan fingerprint density at radius 2 is 1.97 bits per heavy atom. The Labute approximate surface area is 229 Å². The van der Waals surface area contributed by atoms with E-state index in [-0.39, 0.29) is 16.4 Å². The van der Waals surface area contributed by atoms with Gasteiger partial charge in [-0.1, -0.05) is 18.2 Å². The standard InChI is InChI=1S/C27H37N5O4S2/c1-17-18(2)25(19(3)21-12-13-27(4,5)36-24(17)21)38(34,35)31-16-30-29-14-8-10-22(28)26(33)32-15-20-9-6-7-11-23(20)37-32/h6-7,9,11,16,22,29H,8,10,12-15,28H2,1-5H3,(H,30,31)/t22-/m1/s1. The Morgan fingerprint density at radius 3 is 2.71 bits per heavy atom. The van der Waals surface area contributed by atoms with Crippen LogP contribution in [0.15, 0.2) is 38.5 Å². The first-order chi connectivity index (χ1) is 17.9. The Bertz CT molecular complexity index is 1330. The van der Waals surface area contributed by atoms with Crippen LogP contribution in [0, 0.1) is 20.8 Å². The summed E-state index contributed by atoms with van der Waals surface area (Å²) in [5.41, 5.74) is 15.7. The largest absolute Gasteiger partial charge is 0.487 e. The van der Waals surface area contributed by atoms with Crippen LogP contribution in [0.2, 0.25) is 0 Å². The van der Waals surface area contributed by atoms with Crippen molar-refractivity contribution in [1.82, 2.24) is 15.2 Å². The zero-order valence-electron chi connectivity index (χ0n) is 22.6. The van der Waals surface area contributed by atoms with E-state index < -0.39 is 16.1 Å². The lowest BCUT2D eigenvalue weighted by Gasteiger charge is -2.35. The summed E-state index contributed by atoms with van der Waals surface area (Å²) in [5.74, 6) is 0.704. The number of benzene rings is 2.